The summed E-state index contributed by atoms with van der Waals surface area (Å²) in [5.41, 5.74) is 4.26. The number of fused-ring (bicyclic) bond motifs is 4. The van der Waals surface area contributed by atoms with E-state index in [1.807, 2.05) is 5.57 Å². The molecule has 5 aliphatic rings. The molecule has 3 fully saturated rings. The van der Waals surface area contributed by atoms with Crippen molar-refractivity contribution < 1.29 is 14.3 Å². The molecule has 3 nitrogen and oxygen atoms in total. The summed E-state index contributed by atoms with van der Waals surface area (Å²) in [5.74, 6) is 2.77. The van der Waals surface area contributed by atoms with Gasteiger partial charge in [-0.1, -0.05) is 59.6 Å². The summed E-state index contributed by atoms with van der Waals surface area (Å²) in [4.78, 5) is 12.9. The van der Waals surface area contributed by atoms with Crippen molar-refractivity contribution in [2.24, 2.45) is 45.3 Å². The predicted octanol–water partition coefficient (Wildman–Crippen LogP) is 7.73. The van der Waals surface area contributed by atoms with Crippen LogP contribution >= 0.6 is 0 Å². The fraction of sp³-hybridized carbons (Fsp3) is 0.903. The van der Waals surface area contributed by atoms with Crippen molar-refractivity contribution >= 4 is 5.78 Å². The van der Waals surface area contributed by atoms with Gasteiger partial charge in [0.1, 0.15) is 5.78 Å². The lowest BCUT2D eigenvalue weighted by atomic mass is 9.43. The van der Waals surface area contributed by atoms with Crippen molar-refractivity contribution in [3.63, 3.8) is 0 Å². The Morgan fingerprint density at radius 3 is 2.35 bits per heavy atom. The molecule has 4 aliphatic carbocycles. The third-order valence-electron chi connectivity index (χ3n) is 12.7. The lowest BCUT2D eigenvalue weighted by Crippen LogP contribution is -2.54. The largest absolute Gasteiger partial charge is 0.356 e. The van der Waals surface area contributed by atoms with Gasteiger partial charge in [-0.3, -0.25) is 4.79 Å². The van der Waals surface area contributed by atoms with E-state index in [9.17, 15) is 4.79 Å². The van der Waals surface area contributed by atoms with E-state index < -0.39 is 0 Å². The first-order chi connectivity index (χ1) is 15.9. The summed E-state index contributed by atoms with van der Waals surface area (Å²) < 4.78 is 12.2. The van der Waals surface area contributed by atoms with Gasteiger partial charge in [0.05, 0.1) is 6.10 Å². The third kappa shape index (κ3) is 3.24. The molecule has 0 amide bonds. The zero-order valence-corrected chi connectivity index (χ0v) is 23.3. The SMILES string of the molecule is CO[C@@H]1O[C@H]([C@@H](C)[C@H]2CC[C@@]3(C)C4=C(CC[C@]23C)[C@@]2(C)CCC(=O)C(C)(C)[C@@H]2CC4)CC[C@H]1C. The maximum atomic E-state index is 12.9. The summed E-state index contributed by atoms with van der Waals surface area (Å²) in [7, 11) is 1.80. The maximum Gasteiger partial charge on any atom is 0.160 e. The lowest BCUT2D eigenvalue weighted by Gasteiger charge is -2.61. The Kier molecular flexibility index (Phi) is 6.01. The summed E-state index contributed by atoms with van der Waals surface area (Å²) >= 11 is 0. The first-order valence-electron chi connectivity index (χ1n) is 14.3. The normalized spacial score (nSPS) is 49.3. The number of methoxy groups -OCH3 is 1. The topological polar surface area (TPSA) is 35.5 Å². The van der Waals surface area contributed by atoms with Gasteiger partial charge >= 0.3 is 0 Å². The van der Waals surface area contributed by atoms with Crippen molar-refractivity contribution in [3.8, 4) is 0 Å². The van der Waals surface area contributed by atoms with E-state index in [1.54, 1.807) is 12.7 Å². The maximum absolute atomic E-state index is 12.9. The van der Waals surface area contributed by atoms with Crippen LogP contribution in [-0.4, -0.2) is 25.3 Å². The average Bonchev–Trinajstić information content (AvgIpc) is 3.08. The highest BCUT2D eigenvalue weighted by molar-refractivity contribution is 5.85. The van der Waals surface area contributed by atoms with E-state index in [0.29, 0.717) is 46.4 Å². The molecule has 1 heterocycles. The van der Waals surface area contributed by atoms with Crippen LogP contribution < -0.4 is 0 Å². The number of allylic oxidation sites excluding steroid dienone is 2. The molecule has 1 aliphatic heterocycles. The van der Waals surface area contributed by atoms with Crippen LogP contribution in [0.4, 0.5) is 0 Å². The molecule has 0 radical (unpaired) electrons. The fourth-order valence-corrected chi connectivity index (χ4v) is 10.2. The second-order valence-corrected chi connectivity index (χ2v) is 14.2. The van der Waals surface area contributed by atoms with Crippen LogP contribution in [0.3, 0.4) is 0 Å². The molecule has 0 spiro atoms. The van der Waals surface area contributed by atoms with Gasteiger partial charge in [0, 0.05) is 24.9 Å². The Morgan fingerprint density at radius 1 is 0.912 bits per heavy atom. The Balaban J connectivity index is 1.45. The van der Waals surface area contributed by atoms with Crippen LogP contribution in [-0.2, 0) is 14.3 Å². The summed E-state index contributed by atoms with van der Waals surface area (Å²) in [5, 5.41) is 0. The highest BCUT2D eigenvalue weighted by Crippen LogP contribution is 2.72. The van der Waals surface area contributed by atoms with Crippen molar-refractivity contribution in [2.45, 2.75) is 125 Å². The highest BCUT2D eigenvalue weighted by Gasteiger charge is 2.63. The smallest absolute Gasteiger partial charge is 0.160 e. The quantitative estimate of drug-likeness (QED) is 0.396. The van der Waals surface area contributed by atoms with E-state index in [-0.39, 0.29) is 17.1 Å². The highest BCUT2D eigenvalue weighted by atomic mass is 16.7. The molecule has 192 valence electrons. The molecule has 0 bridgehead atoms. The number of hydrogen-bond donors (Lipinski definition) is 0. The molecule has 9 atom stereocenters. The van der Waals surface area contributed by atoms with Crippen LogP contribution in [0.15, 0.2) is 11.1 Å². The minimum absolute atomic E-state index is 0.0462. The van der Waals surface area contributed by atoms with Crippen LogP contribution in [0.5, 0.6) is 0 Å². The molecule has 0 aromatic heterocycles. The van der Waals surface area contributed by atoms with Crippen molar-refractivity contribution in [3.05, 3.63) is 11.1 Å². The molecule has 0 aromatic rings. The van der Waals surface area contributed by atoms with Crippen molar-refractivity contribution in [1.82, 2.24) is 0 Å². The number of hydrogen-bond acceptors (Lipinski definition) is 3. The number of Topliss-reactive ketones (excluding diaryl/α,β-unsaturated/α-hetero) is 1. The molecule has 0 aromatic carbocycles. The van der Waals surface area contributed by atoms with Crippen molar-refractivity contribution in [1.29, 1.82) is 0 Å². The summed E-state index contributed by atoms with van der Waals surface area (Å²) in [6.45, 7) is 17.0. The number of carbonyl (C=O) groups excluding carboxylic acids is 1. The molecule has 0 N–H and O–H groups in total. The lowest BCUT2D eigenvalue weighted by molar-refractivity contribution is -0.223. The van der Waals surface area contributed by atoms with Gasteiger partial charge < -0.3 is 9.47 Å². The average molecular weight is 471 g/mol. The van der Waals surface area contributed by atoms with Crippen LogP contribution in [0.2, 0.25) is 0 Å². The molecule has 34 heavy (non-hydrogen) atoms. The minimum Gasteiger partial charge on any atom is -0.356 e. The fourth-order valence-electron chi connectivity index (χ4n) is 10.2. The Hall–Kier alpha value is -0.670. The van der Waals surface area contributed by atoms with E-state index in [2.05, 4.69) is 48.5 Å². The Bertz CT molecular complexity index is 872. The number of ether oxygens (including phenoxy) is 2. The van der Waals surface area contributed by atoms with Crippen molar-refractivity contribution in [2.75, 3.05) is 7.11 Å². The van der Waals surface area contributed by atoms with Gasteiger partial charge in [0.2, 0.25) is 0 Å². The molecule has 2 saturated carbocycles. The zero-order valence-electron chi connectivity index (χ0n) is 23.3. The van der Waals surface area contributed by atoms with Gasteiger partial charge in [0.25, 0.3) is 0 Å². The molecule has 5 rings (SSSR count). The zero-order chi connectivity index (χ0) is 24.7. The monoisotopic (exact) mass is 470 g/mol. The minimum atomic E-state index is -0.173. The van der Waals surface area contributed by atoms with Gasteiger partial charge in [-0.2, -0.15) is 0 Å². The molecule has 0 unspecified atom stereocenters. The van der Waals surface area contributed by atoms with E-state index >= 15 is 0 Å². The van der Waals surface area contributed by atoms with Gasteiger partial charge in [-0.25, -0.2) is 0 Å². The van der Waals surface area contributed by atoms with E-state index in [4.69, 9.17) is 9.47 Å². The molecule has 1 saturated heterocycles. The standard InChI is InChI=1S/C31H50O3/c1-19-9-11-24(34-27(19)33-8)20(2)21-13-17-31(7)23-10-12-25-28(3,4)26(32)15-16-29(25,5)22(23)14-18-30(21,31)6/h19-21,24-25,27H,9-18H2,1-8H3/t19-,20+,21-,24+,25+,27-,29-,30-,31+/m1/s1. The number of rotatable bonds is 3. The van der Waals surface area contributed by atoms with Crippen LogP contribution in [0, 0.1) is 45.3 Å². The Morgan fingerprint density at radius 2 is 1.65 bits per heavy atom. The second kappa shape index (κ2) is 8.17. The van der Waals surface area contributed by atoms with Gasteiger partial charge in [-0.15, -0.1) is 0 Å². The summed E-state index contributed by atoms with van der Waals surface area (Å²) in [6.07, 6.45) is 12.1. The van der Waals surface area contributed by atoms with Gasteiger partial charge in [0.15, 0.2) is 6.29 Å². The molecular formula is C31H50O3. The van der Waals surface area contributed by atoms with E-state index in [0.717, 1.165) is 12.8 Å². The van der Waals surface area contributed by atoms with Crippen LogP contribution in [0.1, 0.15) is 113 Å². The predicted molar refractivity (Wildman–Crippen MR) is 137 cm³/mol. The molecule has 3 heteroatoms. The van der Waals surface area contributed by atoms with E-state index in [1.165, 1.54) is 51.4 Å². The summed E-state index contributed by atoms with van der Waals surface area (Å²) in [6, 6.07) is 0. The first kappa shape index (κ1) is 25.0. The second-order valence-electron chi connectivity index (χ2n) is 14.2. The first-order valence-corrected chi connectivity index (χ1v) is 14.3. The van der Waals surface area contributed by atoms with Gasteiger partial charge in [-0.05, 0) is 91.8 Å². The number of ketones is 1. The molecular weight excluding hydrogens is 420 g/mol. The Labute approximate surface area is 208 Å². The van der Waals surface area contributed by atoms with Crippen LogP contribution in [0.25, 0.3) is 0 Å². The third-order valence-corrected chi connectivity index (χ3v) is 12.7. The number of carbonyl (C=O) groups is 1.